The van der Waals surface area contributed by atoms with E-state index in [0.29, 0.717) is 0 Å². The van der Waals surface area contributed by atoms with Gasteiger partial charge in [-0.25, -0.2) is 0 Å². The summed E-state index contributed by atoms with van der Waals surface area (Å²) >= 11 is 0. The van der Waals surface area contributed by atoms with Gasteiger partial charge >= 0.3 is 0 Å². The van der Waals surface area contributed by atoms with Gasteiger partial charge in [0.15, 0.2) is 0 Å². The molecule has 1 heteroatoms. The summed E-state index contributed by atoms with van der Waals surface area (Å²) in [6.45, 7) is 6.53. The molecule has 2 aliphatic rings. The largest absolute Gasteiger partial charge is 0.316 e. The maximum atomic E-state index is 3.46. The smallest absolute Gasteiger partial charge is 0.00111 e. The Morgan fingerprint density at radius 2 is 2.05 bits per heavy atom. The number of rotatable bonds is 4. The molecule has 0 unspecified atom stereocenters. The lowest BCUT2D eigenvalue weighted by Gasteiger charge is -2.22. The maximum Gasteiger partial charge on any atom is -0.00111 e. The molecule has 0 amide bonds. The molecule has 0 radical (unpaired) electrons. The van der Waals surface area contributed by atoms with Crippen LogP contribution in [0.5, 0.6) is 0 Å². The molecule has 0 atom stereocenters. The predicted octanol–water partition coefficient (Wildman–Crippen LogP) is 5.02. The van der Waals surface area contributed by atoms with E-state index in [9.17, 15) is 0 Å². The van der Waals surface area contributed by atoms with Crippen LogP contribution in [0.25, 0.3) is 0 Å². The first-order chi connectivity index (χ1) is 10.4. The summed E-state index contributed by atoms with van der Waals surface area (Å²) in [5, 5.41) is 3.46. The first kappa shape index (κ1) is 15.8. The van der Waals surface area contributed by atoms with Crippen molar-refractivity contribution in [3.05, 3.63) is 70.9 Å². The van der Waals surface area contributed by atoms with E-state index >= 15 is 0 Å². The fourth-order valence-corrected chi connectivity index (χ4v) is 2.87. The first-order valence-corrected chi connectivity index (χ1v) is 8.16. The molecule has 0 bridgehead atoms. The van der Waals surface area contributed by atoms with Crippen molar-refractivity contribution < 1.29 is 0 Å². The predicted molar refractivity (Wildman–Crippen MR) is 93.3 cm³/mol. The SMILES string of the molecule is C/C=C(\C=C/CC)C(C1=CC=CCC=C1)=C1CCNCC1. The van der Waals surface area contributed by atoms with Crippen molar-refractivity contribution >= 4 is 0 Å². The molecule has 0 aromatic rings. The van der Waals surface area contributed by atoms with Crippen LogP contribution < -0.4 is 5.32 Å². The Bertz CT molecular complexity index is 516. The van der Waals surface area contributed by atoms with Gasteiger partial charge in [-0.05, 0) is 62.4 Å². The Morgan fingerprint density at radius 3 is 2.76 bits per heavy atom. The normalized spacial score (nSPS) is 19.8. The third-order valence-electron chi connectivity index (χ3n) is 3.96. The number of hydrogen-bond donors (Lipinski definition) is 1. The third kappa shape index (κ3) is 4.44. The topological polar surface area (TPSA) is 12.0 Å². The molecular weight excluding hydrogens is 254 g/mol. The summed E-state index contributed by atoms with van der Waals surface area (Å²) < 4.78 is 0. The molecule has 1 heterocycles. The second-order valence-corrected chi connectivity index (χ2v) is 5.47. The highest BCUT2D eigenvalue weighted by atomic mass is 14.9. The maximum absolute atomic E-state index is 3.46. The molecular formula is C20H27N. The summed E-state index contributed by atoms with van der Waals surface area (Å²) in [5.41, 5.74) is 5.76. The van der Waals surface area contributed by atoms with Gasteiger partial charge in [0.2, 0.25) is 0 Å². The van der Waals surface area contributed by atoms with E-state index in [1.807, 2.05) is 0 Å². The summed E-state index contributed by atoms with van der Waals surface area (Å²) in [6.07, 6.45) is 22.4. The molecule has 0 spiro atoms. The molecule has 2 rings (SSSR count). The lowest BCUT2D eigenvalue weighted by atomic mass is 9.87. The molecule has 1 aliphatic carbocycles. The highest BCUT2D eigenvalue weighted by Crippen LogP contribution is 2.31. The molecule has 0 aromatic heterocycles. The number of nitrogens with one attached hydrogen (secondary N) is 1. The highest BCUT2D eigenvalue weighted by Gasteiger charge is 2.15. The minimum absolute atomic E-state index is 1.03. The van der Waals surface area contributed by atoms with Gasteiger partial charge in [0.25, 0.3) is 0 Å². The van der Waals surface area contributed by atoms with E-state index in [-0.39, 0.29) is 0 Å². The van der Waals surface area contributed by atoms with Crippen LogP contribution in [-0.2, 0) is 0 Å². The van der Waals surface area contributed by atoms with Crippen LogP contribution in [0.2, 0.25) is 0 Å². The van der Waals surface area contributed by atoms with E-state index in [2.05, 4.69) is 67.8 Å². The van der Waals surface area contributed by atoms with E-state index in [1.54, 1.807) is 5.57 Å². The minimum atomic E-state index is 1.03. The molecule has 0 saturated carbocycles. The fourth-order valence-electron chi connectivity index (χ4n) is 2.87. The molecule has 1 fully saturated rings. The van der Waals surface area contributed by atoms with Crippen LogP contribution in [0.1, 0.15) is 39.5 Å². The number of hydrogen-bond acceptors (Lipinski definition) is 1. The zero-order valence-corrected chi connectivity index (χ0v) is 13.4. The van der Waals surface area contributed by atoms with E-state index in [1.165, 1.54) is 16.7 Å². The Hall–Kier alpha value is -1.60. The van der Waals surface area contributed by atoms with E-state index in [4.69, 9.17) is 0 Å². The molecule has 1 nitrogen and oxygen atoms in total. The van der Waals surface area contributed by atoms with Crippen molar-refractivity contribution in [3.8, 4) is 0 Å². The van der Waals surface area contributed by atoms with Gasteiger partial charge in [-0.2, -0.15) is 0 Å². The summed E-state index contributed by atoms with van der Waals surface area (Å²) in [7, 11) is 0. The lowest BCUT2D eigenvalue weighted by Crippen LogP contribution is -2.24. The zero-order chi connectivity index (χ0) is 14.9. The molecule has 21 heavy (non-hydrogen) atoms. The molecule has 112 valence electrons. The van der Waals surface area contributed by atoms with Crippen molar-refractivity contribution in [1.29, 1.82) is 0 Å². The quantitative estimate of drug-likeness (QED) is 0.713. The van der Waals surface area contributed by atoms with E-state index < -0.39 is 0 Å². The van der Waals surface area contributed by atoms with Crippen molar-refractivity contribution in [2.45, 2.75) is 39.5 Å². The fraction of sp³-hybridized carbons (Fsp3) is 0.400. The van der Waals surface area contributed by atoms with Crippen LogP contribution in [0.4, 0.5) is 0 Å². The molecule has 1 N–H and O–H groups in total. The van der Waals surface area contributed by atoms with Gasteiger partial charge in [0.05, 0.1) is 0 Å². The Balaban J connectivity index is 2.45. The van der Waals surface area contributed by atoms with Crippen molar-refractivity contribution in [2.24, 2.45) is 0 Å². The van der Waals surface area contributed by atoms with Crippen molar-refractivity contribution in [1.82, 2.24) is 5.32 Å². The lowest BCUT2D eigenvalue weighted by molar-refractivity contribution is 0.606. The Morgan fingerprint density at radius 1 is 1.24 bits per heavy atom. The third-order valence-corrected chi connectivity index (χ3v) is 3.96. The Labute approximate surface area is 129 Å². The summed E-state index contributed by atoms with van der Waals surface area (Å²) in [5.74, 6) is 0. The molecule has 0 aromatic carbocycles. The highest BCUT2D eigenvalue weighted by molar-refractivity contribution is 5.59. The number of allylic oxidation sites excluding steroid dienone is 11. The van der Waals surface area contributed by atoms with Crippen molar-refractivity contribution in [2.75, 3.05) is 13.1 Å². The standard InChI is InChI=1S/C20H27N/c1-3-5-10-17(4-2)20(19-13-15-21-16-14-19)18-11-8-6-7-9-12-18/h4-6,8-12,21H,3,7,13-16H2,1-2H3/b10-5-,17-4+. The van der Waals surface area contributed by atoms with Gasteiger partial charge < -0.3 is 5.32 Å². The Kier molecular flexibility index (Phi) is 6.49. The monoisotopic (exact) mass is 281 g/mol. The average molecular weight is 281 g/mol. The average Bonchev–Trinajstić information content (AvgIpc) is 2.81. The van der Waals surface area contributed by atoms with Gasteiger partial charge in [0, 0.05) is 0 Å². The summed E-state index contributed by atoms with van der Waals surface area (Å²) in [4.78, 5) is 0. The van der Waals surface area contributed by atoms with Crippen LogP contribution in [0, 0.1) is 0 Å². The van der Waals surface area contributed by atoms with Crippen LogP contribution in [0.3, 0.4) is 0 Å². The van der Waals surface area contributed by atoms with Gasteiger partial charge in [-0.1, -0.05) is 61.1 Å². The number of piperidine rings is 1. The van der Waals surface area contributed by atoms with Crippen LogP contribution in [-0.4, -0.2) is 13.1 Å². The molecule has 1 aliphatic heterocycles. The van der Waals surface area contributed by atoms with Crippen LogP contribution in [0.15, 0.2) is 70.9 Å². The van der Waals surface area contributed by atoms with E-state index in [0.717, 1.165) is 38.8 Å². The van der Waals surface area contributed by atoms with Crippen LogP contribution >= 0.6 is 0 Å². The summed E-state index contributed by atoms with van der Waals surface area (Å²) in [6, 6.07) is 0. The first-order valence-electron chi connectivity index (χ1n) is 8.16. The molecule has 1 saturated heterocycles. The van der Waals surface area contributed by atoms with Gasteiger partial charge in [0.1, 0.15) is 0 Å². The minimum Gasteiger partial charge on any atom is -0.316 e. The van der Waals surface area contributed by atoms with Gasteiger partial charge in [-0.3, -0.25) is 0 Å². The second-order valence-electron chi connectivity index (χ2n) is 5.47. The van der Waals surface area contributed by atoms with Crippen molar-refractivity contribution in [3.63, 3.8) is 0 Å². The van der Waals surface area contributed by atoms with Gasteiger partial charge in [-0.15, -0.1) is 0 Å². The zero-order valence-electron chi connectivity index (χ0n) is 13.4. The second kappa shape index (κ2) is 8.63.